The molecular weight excluding hydrogens is 450 g/mol. The average Bonchev–Trinajstić information content (AvgIpc) is 2.99. The molecule has 1 saturated carbocycles. The van der Waals surface area contributed by atoms with Crippen molar-refractivity contribution < 1.29 is 48.6 Å². The van der Waals surface area contributed by atoms with Crippen molar-refractivity contribution in [3.63, 3.8) is 0 Å². The minimum Gasteiger partial charge on any atom is -0.480 e. The maximum absolute atomic E-state index is 12.5. The van der Waals surface area contributed by atoms with E-state index in [-0.39, 0.29) is 30.6 Å². The summed E-state index contributed by atoms with van der Waals surface area (Å²) in [7, 11) is 0. The van der Waals surface area contributed by atoms with E-state index in [9.17, 15) is 19.5 Å². The third-order valence-electron chi connectivity index (χ3n) is 7.97. The first-order chi connectivity index (χ1) is 16.0. The molecule has 3 N–H and O–H groups in total. The van der Waals surface area contributed by atoms with Crippen molar-refractivity contribution in [2.75, 3.05) is 0 Å². The number of carboxylic acid groups (broad SMARTS) is 1. The Hall–Kier alpha value is -1.79. The molecule has 0 aromatic heterocycles. The smallest absolute Gasteiger partial charge is 0.328 e. The van der Waals surface area contributed by atoms with Gasteiger partial charge in [0.25, 0.3) is 0 Å². The number of hydrogen-bond acceptors (Lipinski definition) is 9. The van der Waals surface area contributed by atoms with Crippen LogP contribution >= 0.6 is 0 Å². The SMILES string of the molecule is C[C@H]1[C@H](OC(=O)CCC(=O)N[C@H](C(=O)O)[C@@H](C)O)O[C@@H]2O[C@@]3(C)CC[C@H]4[C@H](C)CC[C@@H]1[C@]24OO3. The molecule has 4 heterocycles. The molecular formula is C23H35NO10. The predicted molar refractivity (Wildman–Crippen MR) is 113 cm³/mol. The number of nitrogens with one attached hydrogen (secondary N) is 1. The van der Waals surface area contributed by atoms with Gasteiger partial charge in [-0.25, -0.2) is 14.6 Å². The van der Waals surface area contributed by atoms with Gasteiger partial charge in [-0.2, -0.15) is 0 Å². The minimum absolute atomic E-state index is 0.00133. The Morgan fingerprint density at radius 2 is 1.85 bits per heavy atom. The zero-order chi connectivity index (χ0) is 24.8. The third-order valence-corrected chi connectivity index (χ3v) is 7.97. The molecule has 10 atom stereocenters. The van der Waals surface area contributed by atoms with Crippen molar-refractivity contribution in [1.29, 1.82) is 0 Å². The average molecular weight is 486 g/mol. The highest BCUT2D eigenvalue weighted by Gasteiger charge is 2.69. The fourth-order valence-corrected chi connectivity index (χ4v) is 6.05. The van der Waals surface area contributed by atoms with Gasteiger partial charge in [0.05, 0.1) is 12.5 Å². The lowest BCUT2D eigenvalue weighted by molar-refractivity contribution is -0.576. The van der Waals surface area contributed by atoms with E-state index in [1.807, 2.05) is 13.8 Å². The molecule has 1 amide bonds. The van der Waals surface area contributed by atoms with E-state index in [0.29, 0.717) is 12.3 Å². The second kappa shape index (κ2) is 9.34. The third kappa shape index (κ3) is 4.44. The summed E-state index contributed by atoms with van der Waals surface area (Å²) in [5, 5.41) is 20.8. The summed E-state index contributed by atoms with van der Waals surface area (Å²) in [4.78, 5) is 47.6. The number of rotatable bonds is 7. The largest absolute Gasteiger partial charge is 0.480 e. The number of carboxylic acids is 1. The summed E-state index contributed by atoms with van der Waals surface area (Å²) in [5.41, 5.74) is -0.761. The molecule has 0 radical (unpaired) electrons. The molecule has 4 saturated heterocycles. The minimum atomic E-state index is -1.45. The number of amides is 1. The molecule has 0 unspecified atom stereocenters. The van der Waals surface area contributed by atoms with E-state index in [1.54, 1.807) is 0 Å². The van der Waals surface area contributed by atoms with Gasteiger partial charge in [0.2, 0.25) is 18.0 Å². The van der Waals surface area contributed by atoms with Gasteiger partial charge in [-0.05, 0) is 44.9 Å². The molecule has 0 aromatic carbocycles. The summed E-state index contributed by atoms with van der Waals surface area (Å²) >= 11 is 0. The molecule has 5 fully saturated rings. The molecule has 34 heavy (non-hydrogen) atoms. The molecule has 4 aliphatic heterocycles. The standard InChI is InChI=1S/C23H35NO10/c1-11-5-6-15-12(2)20(30-17(27)8-7-16(26)24-18(13(3)25)19(28)29)31-21-23(15)14(11)9-10-22(4,32-21)33-34-23/h11-15,18,20-21,25H,5-10H2,1-4H3,(H,24,26)(H,28,29)/t11-,12-,13-,14+,15+,18+,20-,21-,22-,23+/m1/s1. The van der Waals surface area contributed by atoms with E-state index in [0.717, 1.165) is 19.3 Å². The van der Waals surface area contributed by atoms with Gasteiger partial charge in [0, 0.05) is 24.7 Å². The van der Waals surface area contributed by atoms with E-state index in [1.165, 1.54) is 6.92 Å². The Bertz CT molecular complexity index is 820. The van der Waals surface area contributed by atoms with Gasteiger partial charge in [0.1, 0.15) is 0 Å². The molecule has 11 heteroatoms. The number of aliphatic hydroxyl groups is 1. The van der Waals surface area contributed by atoms with Crippen LogP contribution in [0.4, 0.5) is 0 Å². The lowest BCUT2D eigenvalue weighted by Gasteiger charge is -2.59. The number of esters is 1. The fourth-order valence-electron chi connectivity index (χ4n) is 6.05. The van der Waals surface area contributed by atoms with E-state index in [2.05, 4.69) is 12.2 Å². The summed E-state index contributed by atoms with van der Waals surface area (Å²) in [6.45, 7) is 7.24. The molecule has 1 aliphatic carbocycles. The van der Waals surface area contributed by atoms with Crippen LogP contribution in [0.3, 0.4) is 0 Å². The number of aliphatic carboxylic acids is 1. The van der Waals surface area contributed by atoms with Crippen molar-refractivity contribution in [2.24, 2.45) is 23.7 Å². The number of fused-ring (bicyclic) bond motifs is 2. The lowest BCUT2D eigenvalue weighted by Crippen LogP contribution is -2.70. The fraction of sp³-hybridized carbons (Fsp3) is 0.870. The summed E-state index contributed by atoms with van der Waals surface area (Å²) in [6.07, 6.45) is 0.00572. The molecule has 5 aliphatic rings. The predicted octanol–water partition coefficient (Wildman–Crippen LogP) is 1.47. The van der Waals surface area contributed by atoms with Gasteiger partial charge in [-0.1, -0.05) is 13.8 Å². The zero-order valence-electron chi connectivity index (χ0n) is 20.0. The van der Waals surface area contributed by atoms with E-state index in [4.69, 9.17) is 29.1 Å². The number of carbonyl (C=O) groups is 3. The van der Waals surface area contributed by atoms with Crippen LogP contribution in [0.2, 0.25) is 0 Å². The van der Waals surface area contributed by atoms with Crippen molar-refractivity contribution in [3.05, 3.63) is 0 Å². The van der Waals surface area contributed by atoms with Gasteiger partial charge in [0.15, 0.2) is 17.9 Å². The summed E-state index contributed by atoms with van der Waals surface area (Å²) < 4.78 is 18.0. The summed E-state index contributed by atoms with van der Waals surface area (Å²) in [6, 6.07) is -1.45. The van der Waals surface area contributed by atoms with Crippen LogP contribution in [0.1, 0.15) is 66.2 Å². The molecule has 1 spiro atoms. The van der Waals surface area contributed by atoms with Gasteiger partial charge < -0.3 is 29.7 Å². The first kappa shape index (κ1) is 25.3. The highest BCUT2D eigenvalue weighted by atomic mass is 17.3. The van der Waals surface area contributed by atoms with Crippen LogP contribution in [0.25, 0.3) is 0 Å². The maximum atomic E-state index is 12.5. The van der Waals surface area contributed by atoms with E-state index >= 15 is 0 Å². The lowest BCUT2D eigenvalue weighted by atomic mass is 9.58. The van der Waals surface area contributed by atoms with Crippen LogP contribution < -0.4 is 5.32 Å². The van der Waals surface area contributed by atoms with Crippen LogP contribution in [0.5, 0.6) is 0 Å². The van der Waals surface area contributed by atoms with Crippen LogP contribution in [-0.2, 0) is 38.4 Å². The number of carbonyl (C=O) groups excluding carboxylic acids is 2. The maximum Gasteiger partial charge on any atom is 0.328 e. The zero-order valence-corrected chi connectivity index (χ0v) is 20.0. The Labute approximate surface area is 198 Å². The number of hydrogen-bond donors (Lipinski definition) is 3. The number of aliphatic hydroxyl groups excluding tert-OH is 1. The van der Waals surface area contributed by atoms with Crippen molar-refractivity contribution in [1.82, 2.24) is 5.32 Å². The Kier molecular flexibility index (Phi) is 6.96. The van der Waals surface area contributed by atoms with E-state index < -0.39 is 54.0 Å². The first-order valence-corrected chi connectivity index (χ1v) is 12.1. The topological polar surface area (TPSA) is 150 Å². The van der Waals surface area contributed by atoms with Crippen molar-refractivity contribution in [2.45, 2.75) is 102 Å². The first-order valence-electron chi connectivity index (χ1n) is 12.1. The quantitative estimate of drug-likeness (QED) is 0.357. The Balaban J connectivity index is 1.40. The Morgan fingerprint density at radius 1 is 1.12 bits per heavy atom. The normalized spacial score (nSPS) is 42.6. The van der Waals surface area contributed by atoms with Crippen LogP contribution in [-0.4, -0.2) is 64.2 Å². The molecule has 192 valence electrons. The van der Waals surface area contributed by atoms with Gasteiger partial charge in [-0.15, -0.1) is 0 Å². The molecule has 11 nitrogen and oxygen atoms in total. The van der Waals surface area contributed by atoms with Crippen LogP contribution in [0, 0.1) is 23.7 Å². The van der Waals surface area contributed by atoms with Crippen molar-refractivity contribution >= 4 is 17.8 Å². The molecule has 0 aromatic rings. The molecule has 5 rings (SSSR count). The van der Waals surface area contributed by atoms with Crippen molar-refractivity contribution in [3.8, 4) is 0 Å². The van der Waals surface area contributed by atoms with Crippen LogP contribution in [0.15, 0.2) is 0 Å². The highest BCUT2D eigenvalue weighted by molar-refractivity contribution is 5.86. The summed E-state index contributed by atoms with van der Waals surface area (Å²) in [5.74, 6) is -3.19. The molecule has 2 bridgehead atoms. The monoisotopic (exact) mass is 485 g/mol. The highest BCUT2D eigenvalue weighted by Crippen LogP contribution is 2.60. The Morgan fingerprint density at radius 3 is 2.53 bits per heavy atom. The van der Waals surface area contributed by atoms with Gasteiger partial charge in [-0.3, -0.25) is 9.59 Å². The van der Waals surface area contributed by atoms with Gasteiger partial charge >= 0.3 is 11.9 Å². The number of ether oxygens (including phenoxy) is 3. The second-order valence-electron chi connectivity index (χ2n) is 10.4. The second-order valence-corrected chi connectivity index (χ2v) is 10.4.